The van der Waals surface area contributed by atoms with Gasteiger partial charge in [-0.05, 0) is 195 Å². The van der Waals surface area contributed by atoms with E-state index in [0.717, 1.165) is 67.2 Å². The van der Waals surface area contributed by atoms with Crippen LogP contribution >= 0.6 is 0 Å². The third-order valence-electron chi connectivity index (χ3n) is 14.4. The van der Waals surface area contributed by atoms with Crippen molar-refractivity contribution in [3.63, 3.8) is 0 Å². The number of rotatable bonds is 10. The van der Waals surface area contributed by atoms with Crippen molar-refractivity contribution in [3.05, 3.63) is 212 Å². The minimum absolute atomic E-state index is 0. The first-order valence-electron chi connectivity index (χ1n) is 40.8. The molecule has 0 N–H and O–H groups in total. The summed E-state index contributed by atoms with van der Waals surface area (Å²) in [5.74, 6) is 0. The van der Waals surface area contributed by atoms with Gasteiger partial charge in [0.15, 0.2) is 24.8 Å². The quantitative estimate of drug-likeness (QED) is 0.121. The van der Waals surface area contributed by atoms with Crippen LogP contribution < -0.4 is 18.3 Å². The highest BCUT2D eigenvalue weighted by Crippen LogP contribution is 2.34. The molecule has 0 atom stereocenters. The largest absolute Gasteiger partial charge is 0.212 e. The summed E-state index contributed by atoms with van der Waals surface area (Å²) in [4.78, 5) is 0. The average Bonchev–Trinajstić information content (AvgIpc) is 0.741. The summed E-state index contributed by atoms with van der Waals surface area (Å²) in [5, 5.41) is 0. The van der Waals surface area contributed by atoms with Crippen LogP contribution in [0.3, 0.4) is 0 Å². The number of pyridine rings is 4. The van der Waals surface area contributed by atoms with Gasteiger partial charge in [-0.1, -0.05) is 226 Å². The van der Waals surface area contributed by atoms with Gasteiger partial charge in [-0.25, -0.2) is 18.3 Å². The molecule has 4 aromatic carbocycles. The van der Waals surface area contributed by atoms with Gasteiger partial charge in [0.05, 0.1) is 0 Å². The summed E-state index contributed by atoms with van der Waals surface area (Å²) in [6.45, 7) is 41.1. The molecule has 4 heteroatoms. The molecule has 0 fully saturated rings. The van der Waals surface area contributed by atoms with E-state index in [0.29, 0.717) is 39.1 Å². The van der Waals surface area contributed by atoms with Crippen LogP contribution in [0.1, 0.15) is 257 Å². The Labute approximate surface area is 606 Å². The molecule has 4 heterocycles. The molecule has 4 aromatic heterocycles. The van der Waals surface area contributed by atoms with Crippen LogP contribution in [0.5, 0.6) is 0 Å². The minimum atomic E-state index is -2.20. The van der Waals surface area contributed by atoms with Gasteiger partial charge in [-0.15, -0.1) is 0 Å². The number of aromatic nitrogens is 4. The molecule has 0 saturated heterocycles. The summed E-state index contributed by atoms with van der Waals surface area (Å²) in [6.07, 6.45) is -2.55. The fourth-order valence-corrected chi connectivity index (χ4v) is 10.6. The van der Waals surface area contributed by atoms with Crippen molar-refractivity contribution in [1.82, 2.24) is 0 Å². The maximum Gasteiger partial charge on any atom is 0.212 e. The van der Waals surface area contributed by atoms with Gasteiger partial charge in [0, 0.05) is 93.4 Å². The average molecular weight is 1300 g/mol. The van der Waals surface area contributed by atoms with E-state index in [4.69, 9.17) is 24.7 Å². The lowest BCUT2D eigenvalue weighted by Gasteiger charge is -2.24. The molecule has 0 unspecified atom stereocenters. The van der Waals surface area contributed by atoms with Crippen LogP contribution in [0.25, 0.3) is 45.0 Å². The lowest BCUT2D eigenvalue weighted by molar-refractivity contribution is -0.661. The van der Waals surface area contributed by atoms with Gasteiger partial charge >= 0.3 is 0 Å². The summed E-state index contributed by atoms with van der Waals surface area (Å²) in [5.41, 5.74) is 13.1. The van der Waals surface area contributed by atoms with Crippen molar-refractivity contribution in [3.8, 4) is 45.0 Å². The van der Waals surface area contributed by atoms with Crippen LogP contribution in [-0.2, 0) is 66.4 Å². The molecule has 8 rings (SSSR count). The second kappa shape index (κ2) is 34.4. The van der Waals surface area contributed by atoms with E-state index < -0.39 is 84.4 Å². The number of hydrogen-bond donors (Lipinski definition) is 0. The van der Waals surface area contributed by atoms with Crippen LogP contribution in [0, 0.1) is 87.7 Å². The predicted octanol–water partition coefficient (Wildman–Crippen LogP) is 23.3. The fourth-order valence-electron chi connectivity index (χ4n) is 10.6. The van der Waals surface area contributed by atoms with Crippen molar-refractivity contribution in [1.29, 1.82) is 0 Å². The van der Waals surface area contributed by atoms with Crippen molar-refractivity contribution in [2.45, 2.75) is 248 Å². The standard InChI is InChI=1S/C24H36N.C23H34N.C20H28N.C19H26N.4CH4/c1-17-10-11-21(18(2)12-17)22-13-19(14-23(3,4)5)20(16-25(22)9)15-24(6,7)8;1-17-11-9-10-12-20(17)21-13-18(14-22(2,3)4)19(16-24(21)8)15-23(5,6)7;1-14-8-9-18(16(3)10-14)19-11-15(2)17(13-21(19)7)12-20(4,5)6;1-14-9-7-8-10-17(14)18-11-15(2)16(13-20(18)6)12-19(3,4)5;;;;/h10-13,16H,14-15H2,1-9H3;9-13,16H,14-15H2,1-8H3;8-11,13H,12H2,1-7H3;7-11,13H,12H2,1-6H3;4*1H4/q4*+1;;;;/i1D3,14D2,15D2;14D2,15D2;1D3,12D2;12D2;;;;. The Morgan fingerprint density at radius 2 is 0.511 bits per heavy atom. The Morgan fingerprint density at radius 3 is 0.766 bits per heavy atom. The fraction of sp³-hybridized carbons (Fsp3) is 0.511. The molecular weight excluding hydrogens is 1140 g/mol. The normalized spacial score (nSPS) is 15.7. The minimum Gasteiger partial charge on any atom is -0.201 e. The molecule has 0 aliphatic rings. The zero-order valence-electron chi connectivity index (χ0n) is 78.5. The molecule has 516 valence electrons. The second-order valence-corrected chi connectivity index (χ2v) is 30.9. The van der Waals surface area contributed by atoms with E-state index in [-0.39, 0.29) is 35.3 Å². The van der Waals surface area contributed by atoms with Gasteiger partial charge in [-0.3, -0.25) is 0 Å². The van der Waals surface area contributed by atoms with Crippen LogP contribution in [0.4, 0.5) is 0 Å². The number of nitrogens with zero attached hydrogens (tertiary/aromatic N) is 4. The van der Waals surface area contributed by atoms with Crippen molar-refractivity contribution >= 4 is 0 Å². The summed E-state index contributed by atoms with van der Waals surface area (Å²) in [7, 11) is 7.60. The molecule has 0 aliphatic carbocycles. The van der Waals surface area contributed by atoms with Crippen LogP contribution in [-0.4, -0.2) is 0 Å². The van der Waals surface area contributed by atoms with Crippen LogP contribution in [0.2, 0.25) is 0 Å². The topological polar surface area (TPSA) is 15.5 Å². The van der Waals surface area contributed by atoms with Gasteiger partial charge in [-0.2, -0.15) is 0 Å². The van der Waals surface area contributed by atoms with E-state index >= 15 is 0 Å². The Hall–Kier alpha value is -6.52. The molecule has 0 amide bonds. The van der Waals surface area contributed by atoms with Gasteiger partial charge in [0.1, 0.15) is 28.2 Å². The number of aryl methyl sites for hydroxylation is 12. The van der Waals surface area contributed by atoms with Crippen molar-refractivity contribution in [2.75, 3.05) is 0 Å². The van der Waals surface area contributed by atoms with E-state index in [1.807, 2.05) is 268 Å². The second-order valence-electron chi connectivity index (χ2n) is 30.9. The molecule has 4 nitrogen and oxygen atoms in total. The van der Waals surface area contributed by atoms with Crippen LogP contribution in [0.15, 0.2) is 134 Å². The lowest BCUT2D eigenvalue weighted by atomic mass is 9.81. The van der Waals surface area contributed by atoms with E-state index in [9.17, 15) is 0 Å². The van der Waals surface area contributed by atoms with E-state index in [1.54, 1.807) is 53.4 Å². The van der Waals surface area contributed by atoms with Gasteiger partial charge in [0.25, 0.3) is 0 Å². The molecule has 0 bridgehead atoms. The summed E-state index contributed by atoms with van der Waals surface area (Å²) >= 11 is 0. The molecule has 0 saturated carbocycles. The summed E-state index contributed by atoms with van der Waals surface area (Å²) in [6, 6.07) is 34.2. The van der Waals surface area contributed by atoms with Crippen molar-refractivity contribution in [2.24, 2.45) is 60.7 Å². The highest BCUT2D eigenvalue weighted by molar-refractivity contribution is 5.65. The lowest BCUT2D eigenvalue weighted by Crippen LogP contribution is -2.33. The highest BCUT2D eigenvalue weighted by Gasteiger charge is 2.27. The third-order valence-corrected chi connectivity index (χ3v) is 14.4. The molecule has 0 radical (unpaired) electrons. The molecule has 0 aliphatic heterocycles. The smallest absolute Gasteiger partial charge is 0.201 e. The maximum absolute atomic E-state index is 8.96. The monoisotopic (exact) mass is 1300 g/mol. The zero-order valence-corrected chi connectivity index (χ0v) is 60.5. The zero-order chi connectivity index (χ0) is 83.6. The first kappa shape index (κ1) is 58.8. The highest BCUT2D eigenvalue weighted by atomic mass is 14.9. The summed E-state index contributed by atoms with van der Waals surface area (Å²) < 4.78 is 159. The third kappa shape index (κ3) is 26.6. The molecule has 8 aromatic rings. The Bertz CT molecular complexity index is 4550. The number of benzene rings is 4. The van der Waals surface area contributed by atoms with Crippen molar-refractivity contribution < 1.29 is 42.9 Å². The number of hydrogen-bond acceptors (Lipinski definition) is 0. The SMILES string of the molecule is C.C.C.C.[2H]C([2H])([2H])c1ccc(-c2cc(C([2H])([2H])C(C)(C)C)c(C([2H])([2H])C(C)(C)C)c[n+]2C)c(C)c1.[2H]C([2H])([2H])c1ccc(-c2cc(C)c(C([2H])([2H])C(C)(C)C)c[n+]2C)c(C)c1.[2H]C([2H])(c1c[n+](C)c(-c2ccccc2C)cc1C)C(C)(C)C.[2H]C([2H])(c1cc(-c2ccccc2C)[n+](C)cc1C([2H])([2H])C(C)(C)C)C(C)(C)C. The van der Waals surface area contributed by atoms with E-state index in [1.165, 1.54) is 11.1 Å². The Morgan fingerprint density at radius 1 is 0.277 bits per heavy atom. The first-order chi connectivity index (χ1) is 48.3. The Balaban J connectivity index is 0.000000743. The maximum atomic E-state index is 8.96. The molecule has 0 spiro atoms. The molecule has 94 heavy (non-hydrogen) atoms. The van der Waals surface area contributed by atoms with E-state index in [2.05, 4.69) is 25.1 Å². The first-order valence-corrected chi connectivity index (χ1v) is 31.8. The molecular formula is C90H140N4+4. The van der Waals surface area contributed by atoms with Gasteiger partial charge in [0.2, 0.25) is 22.8 Å². The predicted molar refractivity (Wildman–Crippen MR) is 416 cm³/mol. The van der Waals surface area contributed by atoms with Gasteiger partial charge < -0.3 is 0 Å². The Kier molecular flexibility index (Phi) is 21.5.